The summed E-state index contributed by atoms with van der Waals surface area (Å²) < 4.78 is 5.16. The summed E-state index contributed by atoms with van der Waals surface area (Å²) in [5.74, 6) is -0.0186. The number of aryl methyl sites for hydroxylation is 1. The molecule has 2 heterocycles. The molecule has 5 nitrogen and oxygen atoms in total. The fourth-order valence-corrected chi connectivity index (χ4v) is 7.03. The third-order valence-corrected chi connectivity index (χ3v) is 8.03. The largest absolute Gasteiger partial charge is 0.496 e. The first kappa shape index (κ1) is 22.6. The number of benzene rings is 2. The van der Waals surface area contributed by atoms with Gasteiger partial charge in [0, 0.05) is 35.2 Å². The summed E-state index contributed by atoms with van der Waals surface area (Å²) in [6.07, 6.45) is 5.57. The lowest BCUT2D eigenvalue weighted by molar-refractivity contribution is -0.0155. The number of rotatable bonds is 5. The van der Waals surface area contributed by atoms with Crippen molar-refractivity contribution in [2.45, 2.75) is 49.5 Å². The zero-order valence-electron chi connectivity index (χ0n) is 18.8. The number of halogens is 2. The number of nitrogens with one attached hydrogen (secondary N) is 1. The molecule has 1 aliphatic carbocycles. The van der Waals surface area contributed by atoms with Gasteiger partial charge in [-0.15, -0.1) is 23.2 Å². The van der Waals surface area contributed by atoms with E-state index in [2.05, 4.69) is 28.9 Å². The van der Waals surface area contributed by atoms with E-state index in [9.17, 15) is 9.90 Å². The van der Waals surface area contributed by atoms with Gasteiger partial charge in [-0.25, -0.2) is 4.79 Å². The second kappa shape index (κ2) is 8.23. The molecule has 2 aliphatic rings. The van der Waals surface area contributed by atoms with Crippen LogP contribution in [0.15, 0.2) is 42.6 Å². The van der Waals surface area contributed by atoms with Crippen LogP contribution in [0.2, 0.25) is 0 Å². The number of aromatic nitrogens is 1. The predicted octanol–water partition coefficient (Wildman–Crippen LogP) is 6.47. The van der Waals surface area contributed by atoms with Crippen LogP contribution in [0.25, 0.3) is 10.9 Å². The maximum atomic E-state index is 11.4. The Morgan fingerprint density at radius 3 is 2.61 bits per heavy atom. The summed E-state index contributed by atoms with van der Waals surface area (Å²) in [7, 11) is 1.72. The van der Waals surface area contributed by atoms with Crippen LogP contribution in [0.1, 0.15) is 58.8 Å². The number of methoxy groups -OCH3 is 1. The lowest BCUT2D eigenvalue weighted by Gasteiger charge is -2.56. The first-order valence-corrected chi connectivity index (χ1v) is 12.0. The van der Waals surface area contributed by atoms with E-state index in [1.807, 2.05) is 18.3 Å². The number of carboxylic acids is 1. The van der Waals surface area contributed by atoms with Crippen molar-refractivity contribution in [3.63, 3.8) is 0 Å². The van der Waals surface area contributed by atoms with E-state index in [0.29, 0.717) is 5.56 Å². The Hall–Kier alpha value is -2.21. The van der Waals surface area contributed by atoms with Gasteiger partial charge in [-0.1, -0.05) is 12.1 Å². The van der Waals surface area contributed by atoms with Crippen molar-refractivity contribution in [3.05, 3.63) is 64.8 Å². The van der Waals surface area contributed by atoms with Gasteiger partial charge in [0.15, 0.2) is 0 Å². The standard InChI is InChI=1S/C26H28Cl2N2O3/c1-16-11-22(33-2)20(19-7-9-29-23(16)19)13-30-10-8-25(14-26(27,28)15-25)12-21(30)17-3-5-18(6-4-17)24(31)32/h3-7,9,11,21,29H,8,10,12-15H2,1-2H3,(H,31,32)/t21-/m0/s1. The van der Waals surface area contributed by atoms with Crippen molar-refractivity contribution in [2.75, 3.05) is 13.7 Å². The first-order valence-electron chi connectivity index (χ1n) is 11.3. The predicted molar refractivity (Wildman–Crippen MR) is 131 cm³/mol. The molecular weight excluding hydrogens is 459 g/mol. The molecule has 1 aliphatic heterocycles. The topological polar surface area (TPSA) is 65.6 Å². The molecule has 33 heavy (non-hydrogen) atoms. The van der Waals surface area contributed by atoms with Crippen molar-refractivity contribution in [1.82, 2.24) is 9.88 Å². The molecule has 0 unspecified atom stereocenters. The minimum atomic E-state index is -0.911. The fourth-order valence-electron chi connectivity index (χ4n) is 5.89. The molecule has 1 atom stereocenters. The molecule has 1 spiro atoms. The first-order chi connectivity index (χ1) is 15.7. The fraction of sp³-hybridized carbons (Fsp3) is 0.423. The van der Waals surface area contributed by atoms with Gasteiger partial charge in [0.2, 0.25) is 0 Å². The molecule has 3 aromatic rings. The van der Waals surface area contributed by atoms with Gasteiger partial charge in [-0.3, -0.25) is 4.90 Å². The number of carboxylic acid groups (broad SMARTS) is 1. The van der Waals surface area contributed by atoms with Crippen molar-refractivity contribution in [3.8, 4) is 5.75 Å². The SMILES string of the molecule is COc1cc(C)c2[nH]ccc2c1CN1CCC2(C[C@H]1c1ccc(C(=O)O)cc1)CC(Cl)(Cl)C2. The molecule has 0 radical (unpaired) electrons. The van der Waals surface area contributed by atoms with Gasteiger partial charge in [-0.2, -0.15) is 0 Å². The number of ether oxygens (including phenoxy) is 1. The minimum absolute atomic E-state index is 0.136. The van der Waals surface area contributed by atoms with Gasteiger partial charge in [0.1, 0.15) is 10.1 Å². The second-order valence-corrected chi connectivity index (χ2v) is 11.4. The quantitative estimate of drug-likeness (QED) is 0.405. The van der Waals surface area contributed by atoms with Crippen LogP contribution in [0.3, 0.4) is 0 Å². The van der Waals surface area contributed by atoms with Crippen LogP contribution >= 0.6 is 23.2 Å². The Morgan fingerprint density at radius 1 is 1.24 bits per heavy atom. The van der Waals surface area contributed by atoms with Crippen LogP contribution in [-0.4, -0.2) is 38.9 Å². The molecule has 0 amide bonds. The molecule has 2 fully saturated rings. The number of fused-ring (bicyclic) bond motifs is 1. The maximum absolute atomic E-state index is 11.4. The number of carbonyl (C=O) groups is 1. The van der Waals surface area contributed by atoms with Gasteiger partial charge < -0.3 is 14.8 Å². The molecule has 0 bridgehead atoms. The van der Waals surface area contributed by atoms with Crippen molar-refractivity contribution in [2.24, 2.45) is 5.41 Å². The van der Waals surface area contributed by atoms with Crippen LogP contribution in [0, 0.1) is 12.3 Å². The highest BCUT2D eigenvalue weighted by Crippen LogP contribution is 2.62. The number of hydrogen-bond acceptors (Lipinski definition) is 3. The highest BCUT2D eigenvalue weighted by Gasteiger charge is 2.55. The Bertz CT molecular complexity index is 1190. The van der Waals surface area contributed by atoms with E-state index >= 15 is 0 Å². The Balaban J connectivity index is 1.50. The number of likely N-dealkylation sites (tertiary alicyclic amines) is 1. The number of aromatic amines is 1. The van der Waals surface area contributed by atoms with Crippen LogP contribution in [0.5, 0.6) is 5.75 Å². The molecule has 1 aromatic heterocycles. The monoisotopic (exact) mass is 486 g/mol. The molecule has 2 aromatic carbocycles. The van der Waals surface area contributed by atoms with Gasteiger partial charge in [0.05, 0.1) is 12.7 Å². The van der Waals surface area contributed by atoms with Crippen molar-refractivity contribution < 1.29 is 14.6 Å². The minimum Gasteiger partial charge on any atom is -0.496 e. The zero-order chi connectivity index (χ0) is 23.4. The van der Waals surface area contributed by atoms with Crippen molar-refractivity contribution >= 4 is 40.1 Å². The molecule has 1 saturated carbocycles. The summed E-state index contributed by atoms with van der Waals surface area (Å²) in [5, 5.41) is 10.5. The van der Waals surface area contributed by atoms with E-state index < -0.39 is 10.3 Å². The lowest BCUT2D eigenvalue weighted by Crippen LogP contribution is -2.52. The van der Waals surface area contributed by atoms with Crippen molar-refractivity contribution in [1.29, 1.82) is 0 Å². The highest BCUT2D eigenvalue weighted by atomic mass is 35.5. The smallest absolute Gasteiger partial charge is 0.335 e. The Morgan fingerprint density at radius 2 is 1.97 bits per heavy atom. The zero-order valence-corrected chi connectivity index (χ0v) is 20.3. The molecule has 7 heteroatoms. The van der Waals surface area contributed by atoms with E-state index in [1.165, 1.54) is 10.9 Å². The summed E-state index contributed by atoms with van der Waals surface area (Å²) in [6, 6.07) is 11.6. The number of nitrogens with zero attached hydrogens (tertiary/aromatic N) is 1. The van der Waals surface area contributed by atoms with Gasteiger partial charge >= 0.3 is 5.97 Å². The number of aromatic carboxylic acids is 1. The maximum Gasteiger partial charge on any atom is 0.335 e. The average molecular weight is 487 g/mol. The van der Waals surface area contributed by atoms with E-state index in [-0.39, 0.29) is 11.5 Å². The van der Waals surface area contributed by atoms with Crippen LogP contribution in [0.4, 0.5) is 0 Å². The number of H-pyrrole nitrogens is 1. The Kier molecular flexibility index (Phi) is 5.63. The van der Waals surface area contributed by atoms with Gasteiger partial charge in [-0.05, 0) is 80.0 Å². The van der Waals surface area contributed by atoms with Crippen LogP contribution < -0.4 is 4.74 Å². The highest BCUT2D eigenvalue weighted by molar-refractivity contribution is 6.49. The number of hydrogen-bond donors (Lipinski definition) is 2. The van der Waals surface area contributed by atoms with E-state index in [4.69, 9.17) is 27.9 Å². The third kappa shape index (κ3) is 4.11. The van der Waals surface area contributed by atoms with Gasteiger partial charge in [0.25, 0.3) is 0 Å². The lowest BCUT2D eigenvalue weighted by atomic mass is 9.60. The van der Waals surface area contributed by atoms with E-state index in [1.54, 1.807) is 19.2 Å². The molecular formula is C26H28Cl2N2O3. The number of piperidine rings is 1. The normalized spacial score (nSPS) is 21.8. The molecule has 174 valence electrons. The summed E-state index contributed by atoms with van der Waals surface area (Å²) in [4.78, 5) is 17.2. The molecule has 2 N–H and O–H groups in total. The number of alkyl halides is 2. The molecule has 5 rings (SSSR count). The summed E-state index contributed by atoms with van der Waals surface area (Å²) in [5.41, 5.74) is 5.02. The van der Waals surface area contributed by atoms with Crippen LogP contribution in [-0.2, 0) is 6.54 Å². The summed E-state index contributed by atoms with van der Waals surface area (Å²) >= 11 is 12.8. The third-order valence-electron chi connectivity index (χ3n) is 7.50. The molecule has 1 saturated heterocycles. The van der Waals surface area contributed by atoms with E-state index in [0.717, 1.165) is 61.2 Å². The second-order valence-electron chi connectivity index (χ2n) is 9.72. The Labute approximate surface area is 203 Å². The summed E-state index contributed by atoms with van der Waals surface area (Å²) in [6.45, 7) is 3.74. The average Bonchev–Trinajstić information content (AvgIpc) is 3.26.